The molecule has 0 spiro atoms. The molecule has 1 aromatic heterocycles. The highest BCUT2D eigenvalue weighted by atomic mass is 32.2. The minimum atomic E-state index is -0.127. The van der Waals surface area contributed by atoms with Gasteiger partial charge >= 0.3 is 0 Å². The van der Waals surface area contributed by atoms with Crippen LogP contribution in [0.1, 0.15) is 16.7 Å². The summed E-state index contributed by atoms with van der Waals surface area (Å²) in [6, 6.07) is 36.8. The molecule has 1 amide bonds. The van der Waals surface area contributed by atoms with E-state index in [1.165, 1.54) is 11.1 Å². The lowest BCUT2D eigenvalue weighted by molar-refractivity contribution is 0.265. The van der Waals surface area contributed by atoms with E-state index in [2.05, 4.69) is 61.6 Å². The molecule has 190 valence electrons. The number of carbonyl (C=O) groups excluding carboxylic acids is 1. The van der Waals surface area contributed by atoms with Crippen LogP contribution in [0.2, 0.25) is 0 Å². The summed E-state index contributed by atoms with van der Waals surface area (Å²) < 4.78 is 1.98. The highest BCUT2D eigenvalue weighted by Crippen LogP contribution is 2.31. The molecule has 0 unspecified atom stereocenters. The van der Waals surface area contributed by atoms with E-state index in [-0.39, 0.29) is 5.24 Å². The number of amides is 1. The number of amidine groups is 1. The Labute approximate surface area is 231 Å². The number of carbonyl (C=O) groups is 1. The molecule has 1 aliphatic rings. The average molecular weight is 527 g/mol. The van der Waals surface area contributed by atoms with Crippen LogP contribution in [-0.2, 0) is 0 Å². The van der Waals surface area contributed by atoms with Gasteiger partial charge in [0.25, 0.3) is 5.24 Å². The van der Waals surface area contributed by atoms with Crippen molar-refractivity contribution >= 4 is 34.6 Å². The molecule has 1 N–H and O–H groups in total. The number of nitrogens with zero attached hydrogens (tertiary/aromatic N) is 3. The smallest absolute Gasteiger partial charge is 0.289 e. The summed E-state index contributed by atoms with van der Waals surface area (Å²) in [7, 11) is 0. The van der Waals surface area contributed by atoms with Gasteiger partial charge in [-0.25, -0.2) is 9.67 Å². The van der Waals surface area contributed by atoms with Crippen LogP contribution in [0.25, 0.3) is 34.3 Å². The number of aryl methyl sites for hydroxylation is 2. The van der Waals surface area contributed by atoms with Gasteiger partial charge in [-0.15, -0.1) is 0 Å². The first-order valence-corrected chi connectivity index (χ1v) is 13.5. The van der Waals surface area contributed by atoms with Crippen molar-refractivity contribution in [3.8, 4) is 28.2 Å². The fraction of sp³-hybridized carbons (Fsp3) is 0.0606. The summed E-state index contributed by atoms with van der Waals surface area (Å²) in [6.45, 7) is 4.13. The highest BCUT2D eigenvalue weighted by molar-refractivity contribution is 8.18. The van der Waals surface area contributed by atoms with E-state index in [1.54, 1.807) is 0 Å². The zero-order valence-corrected chi connectivity index (χ0v) is 22.4. The quantitative estimate of drug-likeness (QED) is 0.250. The molecule has 5 nitrogen and oxygen atoms in total. The lowest BCUT2D eigenvalue weighted by Gasteiger charge is -2.08. The van der Waals surface area contributed by atoms with Crippen molar-refractivity contribution < 1.29 is 4.79 Å². The minimum Gasteiger partial charge on any atom is -0.300 e. The Morgan fingerprint density at radius 3 is 2.18 bits per heavy atom. The predicted molar refractivity (Wildman–Crippen MR) is 162 cm³/mol. The zero-order chi connectivity index (χ0) is 26.8. The van der Waals surface area contributed by atoms with E-state index in [4.69, 9.17) is 10.1 Å². The van der Waals surface area contributed by atoms with Crippen LogP contribution in [-0.4, -0.2) is 20.9 Å². The third-order valence-electron chi connectivity index (χ3n) is 6.67. The van der Waals surface area contributed by atoms with E-state index < -0.39 is 0 Å². The second-order valence-corrected chi connectivity index (χ2v) is 10.4. The van der Waals surface area contributed by atoms with E-state index >= 15 is 0 Å². The molecular weight excluding hydrogens is 500 g/mol. The van der Waals surface area contributed by atoms with Gasteiger partial charge in [0.1, 0.15) is 5.84 Å². The van der Waals surface area contributed by atoms with Crippen molar-refractivity contribution in [1.82, 2.24) is 15.1 Å². The molecule has 1 aliphatic heterocycles. The lowest BCUT2D eigenvalue weighted by atomic mass is 10.1. The Kier molecular flexibility index (Phi) is 6.69. The van der Waals surface area contributed by atoms with Crippen LogP contribution in [0.5, 0.6) is 0 Å². The van der Waals surface area contributed by atoms with Gasteiger partial charge in [0.15, 0.2) is 0 Å². The summed E-state index contributed by atoms with van der Waals surface area (Å²) in [5.41, 5.74) is 9.22. The first-order chi connectivity index (χ1) is 19.0. The van der Waals surface area contributed by atoms with Crippen molar-refractivity contribution in [2.24, 2.45) is 4.99 Å². The first kappa shape index (κ1) is 24.6. The van der Waals surface area contributed by atoms with Gasteiger partial charge in [-0.2, -0.15) is 5.10 Å². The number of benzene rings is 4. The fourth-order valence-electron chi connectivity index (χ4n) is 4.44. The van der Waals surface area contributed by atoms with Crippen LogP contribution >= 0.6 is 11.8 Å². The summed E-state index contributed by atoms with van der Waals surface area (Å²) in [5, 5.41) is 7.72. The Bertz CT molecular complexity index is 1720. The molecule has 4 aromatic carbocycles. The number of thioether (sulfide) groups is 1. The molecular formula is C33H26N4OS. The second-order valence-electron chi connectivity index (χ2n) is 9.40. The van der Waals surface area contributed by atoms with Gasteiger partial charge in [0.05, 0.1) is 27.7 Å². The molecule has 0 atom stereocenters. The van der Waals surface area contributed by atoms with Crippen LogP contribution in [0.15, 0.2) is 119 Å². The van der Waals surface area contributed by atoms with Crippen LogP contribution in [0.3, 0.4) is 0 Å². The Morgan fingerprint density at radius 1 is 0.795 bits per heavy atom. The Morgan fingerprint density at radius 2 is 1.49 bits per heavy atom. The molecule has 1 saturated heterocycles. The van der Waals surface area contributed by atoms with Gasteiger partial charge < -0.3 is 5.32 Å². The standard InChI is InChI=1S/C33H26N4OS/c1-22-13-16-27(19-23(22)2)34-32-31(39-33(38)35-32)20-24-14-17-28(18-15-24)37-30(26-11-7-4-8-12-26)21-29(36-37)25-9-5-3-6-10-25/h3-21H,1-2H3,(H,34,35,38). The molecule has 6 heteroatoms. The van der Waals surface area contributed by atoms with Crippen molar-refractivity contribution in [2.45, 2.75) is 13.8 Å². The van der Waals surface area contributed by atoms with Crippen molar-refractivity contribution in [1.29, 1.82) is 0 Å². The van der Waals surface area contributed by atoms with Crippen molar-refractivity contribution in [3.63, 3.8) is 0 Å². The number of rotatable bonds is 5. The maximum Gasteiger partial charge on any atom is 0.289 e. The third kappa shape index (κ3) is 5.33. The molecule has 1 fully saturated rings. The maximum absolute atomic E-state index is 12.2. The molecule has 0 saturated carbocycles. The molecule has 6 rings (SSSR count). The molecule has 2 heterocycles. The first-order valence-electron chi connectivity index (χ1n) is 12.7. The van der Waals surface area contributed by atoms with Gasteiger partial charge in [0, 0.05) is 11.1 Å². The molecule has 0 bridgehead atoms. The molecule has 0 aliphatic carbocycles. The fourth-order valence-corrected chi connectivity index (χ4v) is 5.18. The number of aliphatic imine (C=N–C) groups is 1. The number of hydrogen-bond acceptors (Lipinski definition) is 4. The largest absolute Gasteiger partial charge is 0.300 e. The summed E-state index contributed by atoms with van der Waals surface area (Å²) in [6.07, 6.45) is 1.99. The monoisotopic (exact) mass is 526 g/mol. The van der Waals surface area contributed by atoms with Crippen molar-refractivity contribution in [3.05, 3.63) is 131 Å². The van der Waals surface area contributed by atoms with E-state index in [0.29, 0.717) is 5.84 Å². The number of nitrogens with one attached hydrogen (secondary N) is 1. The Hall–Kier alpha value is -4.68. The summed E-state index contributed by atoms with van der Waals surface area (Å²) in [4.78, 5) is 17.7. The second kappa shape index (κ2) is 10.6. The van der Waals surface area contributed by atoms with Crippen LogP contribution in [0, 0.1) is 13.8 Å². The summed E-state index contributed by atoms with van der Waals surface area (Å²) >= 11 is 1.16. The maximum atomic E-state index is 12.2. The molecule has 39 heavy (non-hydrogen) atoms. The van der Waals surface area contributed by atoms with E-state index in [0.717, 1.165) is 56.1 Å². The predicted octanol–water partition coefficient (Wildman–Crippen LogP) is 8.35. The van der Waals surface area contributed by atoms with Gasteiger partial charge in [-0.1, -0.05) is 78.9 Å². The number of hydrogen-bond donors (Lipinski definition) is 1. The van der Waals surface area contributed by atoms with Gasteiger partial charge in [-0.3, -0.25) is 4.79 Å². The molecule has 5 aromatic rings. The minimum absolute atomic E-state index is 0.127. The Balaban J connectivity index is 1.34. The normalized spacial score (nSPS) is 15.2. The summed E-state index contributed by atoms with van der Waals surface area (Å²) in [5.74, 6) is 0.572. The SMILES string of the molecule is Cc1ccc(N=C2NC(=O)SC2=Cc2ccc(-n3nc(-c4ccccc4)cc3-c3ccccc3)cc2)cc1C. The van der Waals surface area contributed by atoms with Crippen LogP contribution in [0.4, 0.5) is 10.5 Å². The zero-order valence-electron chi connectivity index (χ0n) is 21.6. The average Bonchev–Trinajstić information content (AvgIpc) is 3.56. The van der Waals surface area contributed by atoms with Crippen LogP contribution < -0.4 is 5.32 Å². The third-order valence-corrected chi connectivity index (χ3v) is 7.49. The van der Waals surface area contributed by atoms with Crippen molar-refractivity contribution in [2.75, 3.05) is 0 Å². The van der Waals surface area contributed by atoms with E-state index in [1.807, 2.05) is 77.5 Å². The molecule has 0 radical (unpaired) electrons. The van der Waals surface area contributed by atoms with E-state index in [9.17, 15) is 4.79 Å². The number of aromatic nitrogens is 2. The topological polar surface area (TPSA) is 59.3 Å². The van der Waals surface area contributed by atoms with Gasteiger partial charge in [-0.05, 0) is 78.7 Å². The lowest BCUT2D eigenvalue weighted by Crippen LogP contribution is -2.18. The van der Waals surface area contributed by atoms with Gasteiger partial charge in [0.2, 0.25) is 0 Å². The highest BCUT2D eigenvalue weighted by Gasteiger charge is 2.23.